The van der Waals surface area contributed by atoms with Crippen LogP contribution in [0.2, 0.25) is 0 Å². The van der Waals surface area contributed by atoms with E-state index in [1.807, 2.05) is 0 Å². The lowest BCUT2D eigenvalue weighted by Crippen LogP contribution is -2.44. The van der Waals surface area contributed by atoms with E-state index in [0.717, 1.165) is 6.26 Å². The van der Waals surface area contributed by atoms with E-state index in [4.69, 9.17) is 0 Å². The molecule has 0 fully saturated rings. The van der Waals surface area contributed by atoms with Crippen LogP contribution in [0.5, 0.6) is 5.75 Å². The topological polar surface area (TPSA) is 105 Å². The van der Waals surface area contributed by atoms with E-state index in [2.05, 4.69) is 30.1 Å². The molecule has 1 aromatic carbocycles. The van der Waals surface area contributed by atoms with Gasteiger partial charge in [0.2, 0.25) is 0 Å². The molecule has 0 saturated carbocycles. The van der Waals surface area contributed by atoms with E-state index < -0.39 is 16.4 Å². The van der Waals surface area contributed by atoms with E-state index in [-0.39, 0.29) is 21.2 Å². The number of guanidine groups is 1. The molecular formula is C18H15F2N6O3S+. The largest absolute Gasteiger partial charge is 0.435 e. The number of hydrogen-bond acceptors (Lipinski definition) is 8. The van der Waals surface area contributed by atoms with Gasteiger partial charge in [-0.15, -0.1) is 0 Å². The number of amidine groups is 1. The molecule has 0 radical (unpaired) electrons. The van der Waals surface area contributed by atoms with Crippen LogP contribution in [0, 0.1) is 0 Å². The average Bonchev–Trinajstić information content (AvgIpc) is 3.08. The predicted octanol–water partition coefficient (Wildman–Crippen LogP) is 2.74. The van der Waals surface area contributed by atoms with E-state index in [0.29, 0.717) is 17.2 Å². The highest BCUT2D eigenvalue weighted by atomic mass is 32.2. The number of hydrogen-bond donors (Lipinski definition) is 1. The second-order valence-corrected chi connectivity index (χ2v) is 8.35. The van der Waals surface area contributed by atoms with Crippen molar-refractivity contribution in [2.24, 2.45) is 15.1 Å². The molecule has 0 spiro atoms. The molecule has 0 amide bonds. The molecular weight excluding hydrogens is 418 g/mol. The molecule has 1 atom stereocenters. The Morgan fingerprint density at radius 3 is 2.63 bits per heavy atom. The number of benzene rings is 1. The summed E-state index contributed by atoms with van der Waals surface area (Å²) in [6.45, 7) is -2.91. The first kappa shape index (κ1) is 19.8. The number of nitrogens with zero attached hydrogens (tertiary/aromatic N) is 5. The third-order valence-electron chi connectivity index (χ3n) is 4.24. The molecule has 0 saturated heterocycles. The quantitative estimate of drug-likeness (QED) is 0.730. The van der Waals surface area contributed by atoms with E-state index in [1.165, 1.54) is 55.1 Å². The Balaban J connectivity index is 1.67. The maximum Gasteiger partial charge on any atom is 0.387 e. The van der Waals surface area contributed by atoms with Gasteiger partial charge >= 0.3 is 6.61 Å². The van der Waals surface area contributed by atoms with Gasteiger partial charge in [0.25, 0.3) is 11.8 Å². The minimum atomic E-state index is -3.47. The van der Waals surface area contributed by atoms with Crippen molar-refractivity contribution >= 4 is 39.2 Å². The zero-order valence-electron chi connectivity index (χ0n) is 15.5. The van der Waals surface area contributed by atoms with Crippen LogP contribution >= 0.6 is 0 Å². The van der Waals surface area contributed by atoms with Crippen LogP contribution in [0.15, 0.2) is 75.1 Å². The molecule has 2 aromatic rings. The number of nitrogens with one attached hydrogen (secondary N) is 1. The summed E-state index contributed by atoms with van der Waals surface area (Å²) < 4.78 is 52.5. The van der Waals surface area contributed by atoms with Crippen LogP contribution in [0.25, 0.3) is 0 Å². The van der Waals surface area contributed by atoms with Gasteiger partial charge in [0, 0.05) is 24.2 Å². The summed E-state index contributed by atoms with van der Waals surface area (Å²) in [6, 6.07) is 7.32. The lowest BCUT2D eigenvalue weighted by molar-refractivity contribution is -0.0498. The number of alkyl halides is 2. The molecule has 2 aliphatic rings. The third-order valence-corrected chi connectivity index (χ3v) is 5.32. The molecule has 12 heteroatoms. The van der Waals surface area contributed by atoms with Gasteiger partial charge in [-0.1, -0.05) is 4.59 Å². The number of aromatic nitrogens is 1. The van der Waals surface area contributed by atoms with Gasteiger partial charge in [-0.3, -0.25) is 9.98 Å². The molecule has 0 aliphatic carbocycles. The second kappa shape index (κ2) is 7.39. The molecule has 3 heterocycles. The summed E-state index contributed by atoms with van der Waals surface area (Å²) in [5.74, 6) is 0.662. The van der Waals surface area contributed by atoms with Crippen LogP contribution < -0.4 is 14.6 Å². The highest BCUT2D eigenvalue weighted by molar-refractivity contribution is 7.90. The van der Waals surface area contributed by atoms with Crippen molar-refractivity contribution in [2.45, 2.75) is 11.5 Å². The molecule has 1 aromatic heterocycles. The van der Waals surface area contributed by atoms with Gasteiger partial charge in [-0.05, 0) is 29.4 Å². The van der Waals surface area contributed by atoms with Crippen LogP contribution in [-0.4, -0.2) is 44.3 Å². The maximum absolute atomic E-state index is 12.3. The van der Waals surface area contributed by atoms with Crippen LogP contribution in [0.3, 0.4) is 0 Å². The van der Waals surface area contributed by atoms with Gasteiger partial charge in [0.15, 0.2) is 21.7 Å². The first-order valence-electron chi connectivity index (χ1n) is 8.53. The average molecular weight is 433 g/mol. The summed E-state index contributed by atoms with van der Waals surface area (Å²) in [7, 11) is -3.47. The molecule has 4 rings (SSSR count). The number of pyridine rings is 1. The van der Waals surface area contributed by atoms with E-state index in [1.54, 1.807) is 6.20 Å². The predicted molar refractivity (Wildman–Crippen MR) is 108 cm³/mol. The fourth-order valence-corrected chi connectivity index (χ4v) is 3.44. The summed E-state index contributed by atoms with van der Waals surface area (Å²) >= 11 is 0. The van der Waals surface area contributed by atoms with Crippen molar-refractivity contribution in [1.29, 1.82) is 0 Å². The zero-order valence-corrected chi connectivity index (χ0v) is 16.3. The van der Waals surface area contributed by atoms with Gasteiger partial charge in [-0.25, -0.2) is 8.42 Å². The number of fused-ring (bicyclic) bond motifs is 1. The summed E-state index contributed by atoms with van der Waals surface area (Å²) in [6.07, 6.45) is 8.52. The number of quaternary nitrogens is 1. The fraction of sp³-hybridized carbons (Fsp3) is 0.111. The number of sulfone groups is 1. The van der Waals surface area contributed by atoms with Crippen LogP contribution in [0.1, 0.15) is 0 Å². The Morgan fingerprint density at radius 2 is 1.93 bits per heavy atom. The normalized spacial score (nSPS) is 20.0. The van der Waals surface area contributed by atoms with Crippen LogP contribution in [0.4, 0.5) is 20.2 Å². The minimum absolute atomic E-state index is 0.0230. The van der Waals surface area contributed by atoms with Gasteiger partial charge in [0.05, 0.1) is 17.3 Å². The molecule has 1 unspecified atom stereocenters. The summed E-state index contributed by atoms with van der Waals surface area (Å²) in [4.78, 5) is 12.6. The first-order chi connectivity index (χ1) is 14.3. The third kappa shape index (κ3) is 3.82. The Bertz CT molecular complexity index is 1210. The lowest BCUT2D eigenvalue weighted by Gasteiger charge is -2.23. The van der Waals surface area contributed by atoms with Gasteiger partial charge < -0.3 is 10.1 Å². The Morgan fingerprint density at radius 1 is 1.17 bits per heavy atom. The molecule has 0 bridgehead atoms. The molecule has 2 aliphatic heterocycles. The zero-order chi connectivity index (χ0) is 21.4. The molecule has 9 nitrogen and oxygen atoms in total. The molecule has 30 heavy (non-hydrogen) atoms. The molecule has 154 valence electrons. The second-order valence-electron chi connectivity index (χ2n) is 6.33. The van der Waals surface area contributed by atoms with Crippen LogP contribution in [-0.2, 0) is 9.84 Å². The summed E-state index contributed by atoms with van der Waals surface area (Å²) in [5, 5.41) is 7.56. The minimum Gasteiger partial charge on any atom is -0.435 e. The molecule has 1 N–H and O–H groups in total. The maximum atomic E-state index is 12.3. The highest BCUT2D eigenvalue weighted by Gasteiger charge is 2.43. The number of halogens is 2. The van der Waals surface area contributed by atoms with Crippen molar-refractivity contribution in [3.63, 3.8) is 0 Å². The van der Waals surface area contributed by atoms with Crippen molar-refractivity contribution in [1.82, 2.24) is 9.58 Å². The van der Waals surface area contributed by atoms with E-state index in [9.17, 15) is 17.2 Å². The van der Waals surface area contributed by atoms with Crippen molar-refractivity contribution < 1.29 is 21.9 Å². The first-order valence-corrected chi connectivity index (χ1v) is 10.4. The van der Waals surface area contributed by atoms with Crippen molar-refractivity contribution in [3.05, 3.63) is 55.1 Å². The monoisotopic (exact) mass is 433 g/mol. The summed E-state index contributed by atoms with van der Waals surface area (Å²) in [5.41, 5.74) is 0.998. The standard InChI is InChI=1S/C18H15F2N6O3S/c1-30(27,28)15-8-13(9-22-10-15)26-7-6-21-11-16(26)24-18(25-26)23-12-2-4-14(5-3-12)29-17(19)20/h2-11,17H,1H3,(H,23,25)/q+1. The lowest BCUT2D eigenvalue weighted by atomic mass is 10.3. The number of anilines is 1. The highest BCUT2D eigenvalue weighted by Crippen LogP contribution is 2.32. The Hall–Kier alpha value is -3.51. The SMILES string of the molecule is CS(=O)(=O)c1cncc([N+]23C=CN=CC2=NC(Nc2ccc(OC(F)F)cc2)=N3)c1. The van der Waals surface area contributed by atoms with Crippen molar-refractivity contribution in [2.75, 3.05) is 11.6 Å². The smallest absolute Gasteiger partial charge is 0.387 e. The van der Waals surface area contributed by atoms with E-state index >= 15 is 0 Å². The fourth-order valence-electron chi connectivity index (χ4n) is 2.85. The number of aliphatic imine (C=N–C) groups is 2. The number of ether oxygens (including phenoxy) is 1. The van der Waals surface area contributed by atoms with Gasteiger partial charge in [-0.2, -0.15) is 13.8 Å². The van der Waals surface area contributed by atoms with Crippen molar-refractivity contribution in [3.8, 4) is 5.75 Å². The van der Waals surface area contributed by atoms with Gasteiger partial charge in [0.1, 0.15) is 12.0 Å². The Labute approximate surface area is 170 Å². The Kier molecular flexibility index (Phi) is 4.87. The number of rotatable bonds is 5.